The second-order valence-corrected chi connectivity index (χ2v) is 3.10. The third kappa shape index (κ3) is 2.34. The number of aliphatic hydroxyl groups excluding tert-OH is 1. The Hall–Kier alpha value is -1.53. The molecule has 0 radical (unpaired) electrons. The van der Waals surface area contributed by atoms with E-state index < -0.39 is 34.8 Å². The predicted molar refractivity (Wildman–Crippen MR) is 49.7 cm³/mol. The zero-order chi connectivity index (χ0) is 12.3. The van der Waals surface area contributed by atoms with Crippen LogP contribution in [0.5, 0.6) is 0 Å². The zero-order valence-electron chi connectivity index (χ0n) is 8.41. The third-order valence-corrected chi connectivity index (χ3v) is 2.03. The summed E-state index contributed by atoms with van der Waals surface area (Å²) in [5.41, 5.74) is -0.888. The van der Waals surface area contributed by atoms with Gasteiger partial charge in [-0.15, -0.1) is 0 Å². The first kappa shape index (κ1) is 12.5. The van der Waals surface area contributed by atoms with Crippen LogP contribution in [0.2, 0.25) is 0 Å². The average molecular weight is 232 g/mol. The maximum Gasteiger partial charge on any atom is 0.337 e. The van der Waals surface area contributed by atoms with E-state index in [1.54, 1.807) is 0 Å². The largest absolute Gasteiger partial charge is 0.479 e. The van der Waals surface area contributed by atoms with Crippen LogP contribution in [0.4, 0.5) is 8.78 Å². The molecule has 0 saturated carbocycles. The third-order valence-electron chi connectivity index (χ3n) is 2.03. The van der Waals surface area contributed by atoms with Gasteiger partial charge in [0.15, 0.2) is 6.10 Å². The standard InChI is InChI=1S/C10H10F2O4/c1-16-4-6-7(11)3-2-5(8(6)12)9(13)10(14)15/h2-3,9,13H,4H2,1H3,(H,14,15). The smallest absolute Gasteiger partial charge is 0.337 e. The molecule has 1 unspecified atom stereocenters. The van der Waals surface area contributed by atoms with E-state index in [4.69, 9.17) is 10.2 Å². The van der Waals surface area contributed by atoms with E-state index in [9.17, 15) is 13.6 Å². The van der Waals surface area contributed by atoms with E-state index in [1.165, 1.54) is 7.11 Å². The van der Waals surface area contributed by atoms with Crippen LogP contribution in [0.25, 0.3) is 0 Å². The van der Waals surface area contributed by atoms with Crippen molar-refractivity contribution in [3.05, 3.63) is 34.9 Å². The van der Waals surface area contributed by atoms with Crippen molar-refractivity contribution < 1.29 is 28.5 Å². The minimum atomic E-state index is -2.02. The van der Waals surface area contributed by atoms with Gasteiger partial charge in [-0.1, -0.05) is 0 Å². The van der Waals surface area contributed by atoms with Gasteiger partial charge in [-0.3, -0.25) is 0 Å². The summed E-state index contributed by atoms with van der Waals surface area (Å²) in [5.74, 6) is -3.55. The minimum Gasteiger partial charge on any atom is -0.479 e. The Labute approximate surface area is 90.1 Å². The van der Waals surface area contributed by atoms with Crippen molar-refractivity contribution in [1.29, 1.82) is 0 Å². The molecule has 0 fully saturated rings. The normalized spacial score (nSPS) is 12.5. The Kier molecular flexibility index (Phi) is 3.92. The molecule has 0 spiro atoms. The number of methoxy groups -OCH3 is 1. The highest BCUT2D eigenvalue weighted by atomic mass is 19.1. The Morgan fingerprint density at radius 3 is 2.62 bits per heavy atom. The summed E-state index contributed by atoms with van der Waals surface area (Å²) in [6, 6.07) is 1.78. The average Bonchev–Trinajstić information content (AvgIpc) is 2.23. The van der Waals surface area contributed by atoms with Gasteiger partial charge in [-0.05, 0) is 12.1 Å². The number of hydrogen-bond acceptors (Lipinski definition) is 3. The van der Waals surface area contributed by atoms with Gasteiger partial charge in [0.25, 0.3) is 0 Å². The molecule has 16 heavy (non-hydrogen) atoms. The van der Waals surface area contributed by atoms with Crippen LogP contribution in [-0.4, -0.2) is 23.3 Å². The quantitative estimate of drug-likeness (QED) is 0.819. The van der Waals surface area contributed by atoms with Gasteiger partial charge in [0.05, 0.1) is 6.61 Å². The molecule has 0 heterocycles. The molecule has 1 atom stereocenters. The molecule has 0 aliphatic rings. The summed E-state index contributed by atoms with van der Waals surface area (Å²) in [6.45, 7) is -0.335. The van der Waals surface area contributed by atoms with Crippen LogP contribution in [0, 0.1) is 11.6 Å². The van der Waals surface area contributed by atoms with Crippen LogP contribution in [0.3, 0.4) is 0 Å². The van der Waals surface area contributed by atoms with Crippen molar-refractivity contribution in [2.24, 2.45) is 0 Å². The fourth-order valence-corrected chi connectivity index (χ4v) is 1.24. The molecule has 1 rings (SSSR count). The lowest BCUT2D eigenvalue weighted by molar-refractivity contribution is -0.147. The zero-order valence-corrected chi connectivity index (χ0v) is 8.41. The highest BCUT2D eigenvalue weighted by Crippen LogP contribution is 2.23. The number of aliphatic carboxylic acids is 1. The first-order valence-corrected chi connectivity index (χ1v) is 4.35. The maximum absolute atomic E-state index is 13.6. The number of carbonyl (C=O) groups is 1. The monoisotopic (exact) mass is 232 g/mol. The van der Waals surface area contributed by atoms with E-state index in [-0.39, 0.29) is 6.61 Å². The second-order valence-electron chi connectivity index (χ2n) is 3.10. The number of rotatable bonds is 4. The fourth-order valence-electron chi connectivity index (χ4n) is 1.24. The lowest BCUT2D eigenvalue weighted by Crippen LogP contribution is -2.14. The van der Waals surface area contributed by atoms with Gasteiger partial charge < -0.3 is 14.9 Å². The molecule has 0 bridgehead atoms. The van der Waals surface area contributed by atoms with Crippen LogP contribution in [-0.2, 0) is 16.1 Å². The Bertz CT molecular complexity index is 406. The molecule has 0 aliphatic carbocycles. The summed E-state index contributed by atoms with van der Waals surface area (Å²) in [4.78, 5) is 10.5. The topological polar surface area (TPSA) is 66.8 Å². The number of ether oxygens (including phenoxy) is 1. The Morgan fingerprint density at radius 2 is 2.12 bits per heavy atom. The first-order chi connectivity index (χ1) is 7.49. The lowest BCUT2D eigenvalue weighted by Gasteiger charge is -2.11. The second kappa shape index (κ2) is 5.00. The summed E-state index contributed by atoms with van der Waals surface area (Å²) in [7, 11) is 1.25. The van der Waals surface area contributed by atoms with Crippen molar-refractivity contribution in [2.75, 3.05) is 7.11 Å². The summed E-state index contributed by atoms with van der Waals surface area (Å²) in [6.07, 6.45) is -2.02. The van der Waals surface area contributed by atoms with Gasteiger partial charge in [0.2, 0.25) is 0 Å². The molecule has 0 saturated heterocycles. The molecule has 6 heteroatoms. The number of benzene rings is 1. The van der Waals surface area contributed by atoms with Crippen molar-refractivity contribution in [3.63, 3.8) is 0 Å². The highest BCUT2D eigenvalue weighted by Gasteiger charge is 2.23. The SMILES string of the molecule is COCc1c(F)ccc(C(O)C(=O)O)c1F. The van der Waals surface area contributed by atoms with Crippen LogP contribution < -0.4 is 0 Å². The van der Waals surface area contributed by atoms with Crippen molar-refractivity contribution in [3.8, 4) is 0 Å². The summed E-state index contributed by atoms with van der Waals surface area (Å²) in [5, 5.41) is 17.7. The first-order valence-electron chi connectivity index (χ1n) is 4.35. The number of hydrogen-bond donors (Lipinski definition) is 2. The number of aliphatic hydroxyl groups is 1. The maximum atomic E-state index is 13.6. The highest BCUT2D eigenvalue weighted by molar-refractivity contribution is 5.74. The summed E-state index contributed by atoms with van der Waals surface area (Å²) < 4.78 is 31.3. The van der Waals surface area contributed by atoms with Gasteiger partial charge in [-0.2, -0.15) is 0 Å². The van der Waals surface area contributed by atoms with E-state index in [2.05, 4.69) is 4.74 Å². The van der Waals surface area contributed by atoms with Gasteiger partial charge in [-0.25, -0.2) is 13.6 Å². The molecule has 0 amide bonds. The van der Waals surface area contributed by atoms with Crippen molar-refractivity contribution >= 4 is 5.97 Å². The molecule has 2 N–H and O–H groups in total. The van der Waals surface area contributed by atoms with E-state index in [0.29, 0.717) is 0 Å². The van der Waals surface area contributed by atoms with Crippen LogP contribution in [0.15, 0.2) is 12.1 Å². The van der Waals surface area contributed by atoms with Gasteiger partial charge >= 0.3 is 5.97 Å². The number of carboxylic acids is 1. The molecule has 88 valence electrons. The minimum absolute atomic E-state index is 0.335. The van der Waals surface area contributed by atoms with Crippen LogP contribution >= 0.6 is 0 Å². The lowest BCUT2D eigenvalue weighted by atomic mass is 10.0. The van der Waals surface area contributed by atoms with Gasteiger partial charge in [0.1, 0.15) is 11.6 Å². The molecule has 1 aromatic rings. The van der Waals surface area contributed by atoms with Crippen molar-refractivity contribution in [1.82, 2.24) is 0 Å². The van der Waals surface area contributed by atoms with E-state index >= 15 is 0 Å². The fraction of sp³-hybridized carbons (Fsp3) is 0.300. The van der Waals surface area contributed by atoms with E-state index in [1.807, 2.05) is 0 Å². The van der Waals surface area contributed by atoms with Gasteiger partial charge in [0, 0.05) is 18.2 Å². The Balaban J connectivity index is 3.22. The molecule has 1 aromatic carbocycles. The molecule has 0 aromatic heterocycles. The molecular formula is C10H10F2O4. The number of halogens is 2. The van der Waals surface area contributed by atoms with Crippen LogP contribution in [0.1, 0.15) is 17.2 Å². The molecule has 4 nitrogen and oxygen atoms in total. The van der Waals surface area contributed by atoms with E-state index in [0.717, 1.165) is 12.1 Å². The Morgan fingerprint density at radius 1 is 1.50 bits per heavy atom. The summed E-state index contributed by atoms with van der Waals surface area (Å²) >= 11 is 0. The predicted octanol–water partition coefficient (Wildman–Crippen LogP) is 1.23. The van der Waals surface area contributed by atoms with Crippen molar-refractivity contribution in [2.45, 2.75) is 12.7 Å². The number of carboxylic acid groups (broad SMARTS) is 1. The molecule has 0 aliphatic heterocycles. The molecular weight excluding hydrogens is 222 g/mol.